The van der Waals surface area contributed by atoms with E-state index < -0.39 is 0 Å². The number of rotatable bonds is 0. The molecule has 1 saturated heterocycles. The minimum Gasteiger partial charge on any atom is -0.313 e. The summed E-state index contributed by atoms with van der Waals surface area (Å²) >= 11 is 0. The summed E-state index contributed by atoms with van der Waals surface area (Å²) in [6, 6.07) is 0. The lowest BCUT2D eigenvalue weighted by atomic mass is 9.88. The Morgan fingerprint density at radius 2 is 1.50 bits per heavy atom. The molecule has 0 aromatic carbocycles. The van der Waals surface area contributed by atoms with E-state index in [-0.39, 0.29) is 0 Å². The van der Waals surface area contributed by atoms with Crippen LogP contribution in [-0.4, -0.2) is 13.1 Å². The molecule has 0 amide bonds. The average molecular weight is 165 g/mol. The van der Waals surface area contributed by atoms with Crippen LogP contribution in [0, 0.1) is 0 Å². The highest BCUT2D eigenvalue weighted by molar-refractivity contribution is 5.18. The molecule has 0 radical (unpaired) electrons. The van der Waals surface area contributed by atoms with Crippen molar-refractivity contribution in [2.45, 2.75) is 44.9 Å². The van der Waals surface area contributed by atoms with Crippen molar-refractivity contribution in [2.24, 2.45) is 0 Å². The summed E-state index contributed by atoms with van der Waals surface area (Å²) < 4.78 is 0. The van der Waals surface area contributed by atoms with Crippen LogP contribution in [0.5, 0.6) is 0 Å². The Bertz CT molecular complexity index is 145. The van der Waals surface area contributed by atoms with Crippen LogP contribution in [-0.2, 0) is 0 Å². The van der Waals surface area contributed by atoms with Gasteiger partial charge in [-0.2, -0.15) is 0 Å². The number of hydrogen-bond donors (Lipinski definition) is 1. The first-order valence-electron chi connectivity index (χ1n) is 5.37. The van der Waals surface area contributed by atoms with Crippen LogP contribution in [0.15, 0.2) is 11.1 Å². The van der Waals surface area contributed by atoms with Crippen molar-refractivity contribution in [3.8, 4) is 0 Å². The Morgan fingerprint density at radius 3 is 2.17 bits per heavy atom. The first-order chi connectivity index (χ1) is 5.97. The van der Waals surface area contributed by atoms with Crippen molar-refractivity contribution in [1.29, 1.82) is 0 Å². The number of piperidine rings is 1. The van der Waals surface area contributed by atoms with Gasteiger partial charge in [-0.15, -0.1) is 0 Å². The molecule has 0 unspecified atom stereocenters. The maximum atomic E-state index is 3.47. The van der Waals surface area contributed by atoms with E-state index in [2.05, 4.69) is 5.32 Å². The number of nitrogens with one attached hydrogen (secondary N) is 1. The van der Waals surface area contributed by atoms with Gasteiger partial charge >= 0.3 is 0 Å². The van der Waals surface area contributed by atoms with E-state index in [1.807, 2.05) is 0 Å². The molecule has 0 spiro atoms. The van der Waals surface area contributed by atoms with Gasteiger partial charge in [0.1, 0.15) is 0 Å². The summed E-state index contributed by atoms with van der Waals surface area (Å²) in [5, 5.41) is 3.47. The van der Waals surface area contributed by atoms with E-state index >= 15 is 0 Å². The molecule has 12 heavy (non-hydrogen) atoms. The molecule has 1 heterocycles. The fourth-order valence-electron chi connectivity index (χ4n) is 2.39. The molecule has 1 N–H and O–H groups in total. The molecule has 0 bridgehead atoms. The lowest BCUT2D eigenvalue weighted by molar-refractivity contribution is 0.555. The quantitative estimate of drug-likeness (QED) is 0.544. The second kappa shape index (κ2) is 4.08. The molecule has 1 nitrogen and oxygen atoms in total. The SMILES string of the molecule is C1CCC(=C2CCCNC2)CC1. The topological polar surface area (TPSA) is 12.0 Å². The van der Waals surface area contributed by atoms with Crippen LogP contribution in [0.1, 0.15) is 44.9 Å². The van der Waals surface area contributed by atoms with E-state index in [1.54, 1.807) is 11.1 Å². The highest BCUT2D eigenvalue weighted by Crippen LogP contribution is 2.28. The van der Waals surface area contributed by atoms with Gasteiger partial charge in [-0.1, -0.05) is 17.6 Å². The maximum absolute atomic E-state index is 3.47. The van der Waals surface area contributed by atoms with Crippen molar-refractivity contribution >= 4 is 0 Å². The van der Waals surface area contributed by atoms with Crippen molar-refractivity contribution in [1.82, 2.24) is 5.32 Å². The van der Waals surface area contributed by atoms with Gasteiger partial charge in [0.15, 0.2) is 0 Å². The standard InChI is InChI=1S/C11H19N/c1-2-5-10(6-3-1)11-7-4-8-12-9-11/h12H,1-9H2. The third-order valence-electron chi connectivity index (χ3n) is 3.13. The van der Waals surface area contributed by atoms with Crippen molar-refractivity contribution < 1.29 is 0 Å². The second-order valence-electron chi connectivity index (χ2n) is 4.05. The number of allylic oxidation sites excluding steroid dienone is 1. The fraction of sp³-hybridized carbons (Fsp3) is 0.818. The largest absolute Gasteiger partial charge is 0.313 e. The highest BCUT2D eigenvalue weighted by Gasteiger charge is 2.12. The zero-order valence-corrected chi connectivity index (χ0v) is 7.86. The van der Waals surface area contributed by atoms with Gasteiger partial charge in [0.25, 0.3) is 0 Å². The minimum absolute atomic E-state index is 1.19. The van der Waals surface area contributed by atoms with Crippen molar-refractivity contribution in [3.63, 3.8) is 0 Å². The van der Waals surface area contributed by atoms with E-state index in [0.29, 0.717) is 0 Å². The molecular weight excluding hydrogens is 146 g/mol. The van der Waals surface area contributed by atoms with Gasteiger partial charge in [-0.05, 0) is 45.1 Å². The molecule has 2 fully saturated rings. The molecule has 2 rings (SSSR count). The minimum atomic E-state index is 1.19. The Labute approximate surface area is 75.2 Å². The van der Waals surface area contributed by atoms with E-state index in [9.17, 15) is 0 Å². The Kier molecular flexibility index (Phi) is 2.83. The smallest absolute Gasteiger partial charge is 0.0167 e. The van der Waals surface area contributed by atoms with Gasteiger partial charge in [-0.3, -0.25) is 0 Å². The van der Waals surface area contributed by atoms with Crippen molar-refractivity contribution in [3.05, 3.63) is 11.1 Å². The van der Waals surface area contributed by atoms with E-state index in [4.69, 9.17) is 0 Å². The molecule has 1 saturated carbocycles. The van der Waals surface area contributed by atoms with Crippen LogP contribution >= 0.6 is 0 Å². The van der Waals surface area contributed by atoms with Gasteiger partial charge in [0, 0.05) is 6.54 Å². The van der Waals surface area contributed by atoms with Crippen LogP contribution in [0.2, 0.25) is 0 Å². The van der Waals surface area contributed by atoms with Crippen LogP contribution < -0.4 is 5.32 Å². The van der Waals surface area contributed by atoms with Crippen molar-refractivity contribution in [2.75, 3.05) is 13.1 Å². The molecule has 0 aromatic rings. The fourth-order valence-corrected chi connectivity index (χ4v) is 2.39. The predicted molar refractivity (Wildman–Crippen MR) is 52.2 cm³/mol. The predicted octanol–water partition coefficient (Wildman–Crippen LogP) is 2.63. The Morgan fingerprint density at radius 1 is 0.750 bits per heavy atom. The van der Waals surface area contributed by atoms with Crippen LogP contribution in [0.3, 0.4) is 0 Å². The lowest BCUT2D eigenvalue weighted by Gasteiger charge is -2.23. The molecule has 1 heteroatoms. The molecular formula is C11H19N. The Balaban J connectivity index is 2.00. The normalized spacial score (nSPS) is 26.0. The van der Waals surface area contributed by atoms with Gasteiger partial charge in [0.2, 0.25) is 0 Å². The zero-order valence-electron chi connectivity index (χ0n) is 7.86. The summed E-state index contributed by atoms with van der Waals surface area (Å²) in [4.78, 5) is 0. The van der Waals surface area contributed by atoms with Gasteiger partial charge in [-0.25, -0.2) is 0 Å². The first kappa shape index (κ1) is 8.31. The summed E-state index contributed by atoms with van der Waals surface area (Å²) in [7, 11) is 0. The summed E-state index contributed by atoms with van der Waals surface area (Å²) in [5.41, 5.74) is 3.55. The van der Waals surface area contributed by atoms with Crippen LogP contribution in [0.25, 0.3) is 0 Å². The highest BCUT2D eigenvalue weighted by atomic mass is 14.9. The molecule has 68 valence electrons. The Hall–Kier alpha value is -0.300. The first-order valence-corrected chi connectivity index (χ1v) is 5.37. The third kappa shape index (κ3) is 1.89. The van der Waals surface area contributed by atoms with E-state index in [0.717, 1.165) is 0 Å². The van der Waals surface area contributed by atoms with Gasteiger partial charge < -0.3 is 5.32 Å². The molecule has 2 aliphatic rings. The second-order valence-corrected chi connectivity index (χ2v) is 4.05. The maximum Gasteiger partial charge on any atom is 0.0167 e. The zero-order chi connectivity index (χ0) is 8.23. The monoisotopic (exact) mass is 165 g/mol. The molecule has 1 aliphatic heterocycles. The lowest BCUT2D eigenvalue weighted by Crippen LogP contribution is -2.25. The molecule has 1 aliphatic carbocycles. The van der Waals surface area contributed by atoms with Crippen LogP contribution in [0.4, 0.5) is 0 Å². The van der Waals surface area contributed by atoms with Gasteiger partial charge in [0.05, 0.1) is 0 Å². The summed E-state index contributed by atoms with van der Waals surface area (Å²) in [6.45, 7) is 2.42. The number of hydrogen-bond acceptors (Lipinski definition) is 1. The summed E-state index contributed by atoms with van der Waals surface area (Å²) in [6.07, 6.45) is 9.89. The average Bonchev–Trinajstić information content (AvgIpc) is 2.21. The molecule has 0 aromatic heterocycles. The molecule has 0 atom stereocenters. The third-order valence-corrected chi connectivity index (χ3v) is 3.13. The van der Waals surface area contributed by atoms with E-state index in [1.165, 1.54) is 58.0 Å². The summed E-state index contributed by atoms with van der Waals surface area (Å²) in [5.74, 6) is 0.